The van der Waals surface area contributed by atoms with Crippen LogP contribution in [0, 0.1) is 5.92 Å². The number of benzene rings is 1. The van der Waals surface area contributed by atoms with Gasteiger partial charge < -0.3 is 20.5 Å². The molecule has 3 atom stereocenters. The molecule has 0 aliphatic carbocycles. The predicted molar refractivity (Wildman–Crippen MR) is 82.2 cm³/mol. The van der Waals surface area contributed by atoms with Gasteiger partial charge in [-0.1, -0.05) is 19.1 Å². The van der Waals surface area contributed by atoms with Crippen molar-refractivity contribution in [3.05, 3.63) is 29.8 Å². The molecule has 5 nitrogen and oxygen atoms in total. The number of aliphatic hydroxyl groups is 1. The van der Waals surface area contributed by atoms with E-state index >= 15 is 0 Å². The Kier molecular flexibility index (Phi) is 5.59. The lowest BCUT2D eigenvalue weighted by Crippen LogP contribution is -2.35. The average molecular weight is 292 g/mol. The number of hydrogen-bond acceptors (Lipinski definition) is 3. The van der Waals surface area contributed by atoms with Gasteiger partial charge in [0.25, 0.3) is 0 Å². The summed E-state index contributed by atoms with van der Waals surface area (Å²) in [5, 5.41) is 15.1. The van der Waals surface area contributed by atoms with E-state index in [1.165, 1.54) is 0 Å². The van der Waals surface area contributed by atoms with Crippen molar-refractivity contribution in [3.63, 3.8) is 0 Å². The van der Waals surface area contributed by atoms with Crippen LogP contribution in [-0.4, -0.2) is 30.4 Å². The van der Waals surface area contributed by atoms with E-state index in [-0.39, 0.29) is 12.1 Å². The van der Waals surface area contributed by atoms with Crippen LogP contribution in [0.2, 0.25) is 0 Å². The number of nitrogens with one attached hydrogen (secondary N) is 2. The standard InChI is InChI=1S/C16H24N2O3/c1-3-15-13(8-9-21-15)10-17-16(20)18-14-6-4-12(5-7-14)11(2)19/h4-7,11,13,15,19H,3,8-10H2,1-2H3,(H2,17,18,20). The van der Waals surface area contributed by atoms with Gasteiger partial charge in [0.2, 0.25) is 0 Å². The summed E-state index contributed by atoms with van der Waals surface area (Å²) in [6, 6.07) is 6.97. The van der Waals surface area contributed by atoms with E-state index in [4.69, 9.17) is 4.74 Å². The number of rotatable bonds is 5. The van der Waals surface area contributed by atoms with Crippen molar-refractivity contribution in [2.75, 3.05) is 18.5 Å². The summed E-state index contributed by atoms with van der Waals surface area (Å²) in [4.78, 5) is 11.9. The Labute approximate surface area is 125 Å². The summed E-state index contributed by atoms with van der Waals surface area (Å²) >= 11 is 0. The predicted octanol–water partition coefficient (Wildman–Crippen LogP) is 2.68. The Morgan fingerprint density at radius 2 is 2.14 bits per heavy atom. The zero-order valence-corrected chi connectivity index (χ0v) is 12.6. The SMILES string of the molecule is CCC1OCCC1CNC(=O)Nc1ccc(C(C)O)cc1. The van der Waals surface area contributed by atoms with Crippen molar-refractivity contribution >= 4 is 11.7 Å². The minimum absolute atomic E-state index is 0.207. The summed E-state index contributed by atoms with van der Waals surface area (Å²) in [6.07, 6.45) is 1.74. The highest BCUT2D eigenvalue weighted by Gasteiger charge is 2.26. The summed E-state index contributed by atoms with van der Waals surface area (Å²) in [5.41, 5.74) is 1.54. The van der Waals surface area contributed by atoms with Crippen molar-refractivity contribution in [1.82, 2.24) is 5.32 Å². The van der Waals surface area contributed by atoms with Crippen LogP contribution in [-0.2, 0) is 4.74 Å². The van der Waals surface area contributed by atoms with E-state index in [2.05, 4.69) is 17.6 Å². The second-order valence-corrected chi connectivity index (χ2v) is 5.50. The Balaban J connectivity index is 1.79. The Bertz CT molecular complexity index is 459. The smallest absolute Gasteiger partial charge is 0.319 e. The monoisotopic (exact) mass is 292 g/mol. The molecule has 1 aromatic rings. The molecule has 116 valence electrons. The highest BCUT2D eigenvalue weighted by atomic mass is 16.5. The van der Waals surface area contributed by atoms with Gasteiger partial charge in [0.1, 0.15) is 0 Å². The van der Waals surface area contributed by atoms with E-state index in [0.29, 0.717) is 18.2 Å². The largest absolute Gasteiger partial charge is 0.389 e. The Morgan fingerprint density at radius 3 is 2.76 bits per heavy atom. The Hall–Kier alpha value is -1.59. The van der Waals surface area contributed by atoms with Gasteiger partial charge >= 0.3 is 6.03 Å². The fourth-order valence-corrected chi connectivity index (χ4v) is 2.62. The maximum absolute atomic E-state index is 11.9. The molecule has 1 heterocycles. The van der Waals surface area contributed by atoms with Crippen molar-refractivity contribution in [2.45, 2.75) is 38.9 Å². The van der Waals surface area contributed by atoms with Crippen LogP contribution in [0.5, 0.6) is 0 Å². The zero-order chi connectivity index (χ0) is 15.2. The van der Waals surface area contributed by atoms with Gasteiger partial charge in [-0.25, -0.2) is 4.79 Å². The lowest BCUT2D eigenvalue weighted by Gasteiger charge is -2.17. The van der Waals surface area contributed by atoms with Crippen molar-refractivity contribution < 1.29 is 14.6 Å². The maximum Gasteiger partial charge on any atom is 0.319 e. The average Bonchev–Trinajstić information content (AvgIpc) is 2.93. The van der Waals surface area contributed by atoms with E-state index in [1.807, 2.05) is 0 Å². The lowest BCUT2D eigenvalue weighted by atomic mass is 10.00. The Morgan fingerprint density at radius 1 is 1.43 bits per heavy atom. The molecule has 0 saturated carbocycles. The molecule has 21 heavy (non-hydrogen) atoms. The number of ether oxygens (including phenoxy) is 1. The molecule has 1 fully saturated rings. The zero-order valence-electron chi connectivity index (χ0n) is 12.6. The number of amides is 2. The summed E-state index contributed by atoms with van der Waals surface area (Å²) in [5.74, 6) is 0.401. The van der Waals surface area contributed by atoms with Crippen molar-refractivity contribution in [1.29, 1.82) is 0 Å². The minimum Gasteiger partial charge on any atom is -0.389 e. The van der Waals surface area contributed by atoms with Gasteiger partial charge in [0, 0.05) is 24.8 Å². The third kappa shape index (κ3) is 4.44. The number of carbonyl (C=O) groups is 1. The molecule has 2 rings (SSSR count). The van der Waals surface area contributed by atoms with E-state index in [1.54, 1.807) is 31.2 Å². The molecular weight excluding hydrogens is 268 g/mol. The van der Waals surface area contributed by atoms with E-state index in [9.17, 15) is 9.90 Å². The molecule has 0 aromatic heterocycles. The summed E-state index contributed by atoms with van der Waals surface area (Å²) < 4.78 is 5.61. The molecule has 0 radical (unpaired) electrons. The fourth-order valence-electron chi connectivity index (χ4n) is 2.62. The minimum atomic E-state index is -0.499. The maximum atomic E-state index is 11.9. The third-order valence-electron chi connectivity index (χ3n) is 3.92. The molecule has 1 aliphatic rings. The molecule has 0 bridgehead atoms. The summed E-state index contributed by atoms with van der Waals surface area (Å²) in [6.45, 7) is 5.24. The normalized spacial score (nSPS) is 22.8. The van der Waals surface area contributed by atoms with Crippen molar-refractivity contribution in [3.8, 4) is 0 Å². The molecule has 1 saturated heterocycles. The van der Waals surface area contributed by atoms with Crippen LogP contribution < -0.4 is 10.6 Å². The second kappa shape index (κ2) is 7.43. The van der Waals surface area contributed by atoms with Crippen LogP contribution in [0.4, 0.5) is 10.5 Å². The first-order valence-corrected chi connectivity index (χ1v) is 7.54. The fraction of sp³-hybridized carbons (Fsp3) is 0.562. The van der Waals surface area contributed by atoms with Crippen LogP contribution >= 0.6 is 0 Å². The molecule has 3 unspecified atom stereocenters. The quantitative estimate of drug-likeness (QED) is 0.781. The third-order valence-corrected chi connectivity index (χ3v) is 3.92. The number of urea groups is 1. The van der Waals surface area contributed by atoms with Crippen LogP contribution in [0.15, 0.2) is 24.3 Å². The van der Waals surface area contributed by atoms with Gasteiger partial charge in [0.15, 0.2) is 0 Å². The van der Waals surface area contributed by atoms with Gasteiger partial charge in [0.05, 0.1) is 12.2 Å². The first-order valence-electron chi connectivity index (χ1n) is 7.54. The lowest BCUT2D eigenvalue weighted by molar-refractivity contribution is 0.0879. The molecule has 2 amide bonds. The molecule has 1 aliphatic heterocycles. The summed E-state index contributed by atoms with van der Waals surface area (Å²) in [7, 11) is 0. The number of hydrogen-bond donors (Lipinski definition) is 3. The number of aliphatic hydroxyl groups excluding tert-OH is 1. The molecular formula is C16H24N2O3. The van der Waals surface area contributed by atoms with E-state index in [0.717, 1.165) is 25.0 Å². The van der Waals surface area contributed by atoms with Gasteiger partial charge in [-0.3, -0.25) is 0 Å². The van der Waals surface area contributed by atoms with Crippen LogP contribution in [0.25, 0.3) is 0 Å². The topological polar surface area (TPSA) is 70.6 Å². The van der Waals surface area contributed by atoms with Crippen molar-refractivity contribution in [2.24, 2.45) is 5.92 Å². The van der Waals surface area contributed by atoms with Crippen LogP contribution in [0.1, 0.15) is 38.4 Å². The van der Waals surface area contributed by atoms with Gasteiger partial charge in [-0.2, -0.15) is 0 Å². The molecule has 3 N–H and O–H groups in total. The van der Waals surface area contributed by atoms with Gasteiger partial charge in [-0.05, 0) is 37.5 Å². The highest BCUT2D eigenvalue weighted by molar-refractivity contribution is 5.89. The highest BCUT2D eigenvalue weighted by Crippen LogP contribution is 2.22. The molecule has 5 heteroatoms. The molecule has 1 aromatic carbocycles. The first-order chi connectivity index (χ1) is 10.1. The van der Waals surface area contributed by atoms with E-state index < -0.39 is 6.10 Å². The second-order valence-electron chi connectivity index (χ2n) is 5.50. The first kappa shape index (κ1) is 15.8. The van der Waals surface area contributed by atoms with Crippen LogP contribution in [0.3, 0.4) is 0 Å². The van der Waals surface area contributed by atoms with Gasteiger partial charge in [-0.15, -0.1) is 0 Å². The number of carbonyl (C=O) groups excluding carboxylic acids is 1. The molecule has 0 spiro atoms. The number of anilines is 1.